The van der Waals surface area contributed by atoms with Crippen molar-refractivity contribution in [1.82, 2.24) is 4.57 Å². The highest BCUT2D eigenvalue weighted by Crippen LogP contribution is 2.46. The molecule has 1 fully saturated rings. The average Bonchev–Trinajstić information content (AvgIpc) is 3.39. The minimum Gasteiger partial charge on any atom is -0.489 e. The quantitative estimate of drug-likeness (QED) is 0.822. The third-order valence-corrected chi connectivity index (χ3v) is 5.55. The van der Waals surface area contributed by atoms with Crippen molar-refractivity contribution in [2.24, 2.45) is 0 Å². The number of methoxy groups -OCH3 is 1. The number of carbonyl (C=O) groups excluding carboxylic acids is 1. The number of hydrogen-bond donors (Lipinski definition) is 1. The molecule has 1 N–H and O–H groups in total. The molecule has 0 amide bonds. The number of nitrogens with one attached hydrogen (secondary N) is 1. The van der Waals surface area contributed by atoms with Crippen LogP contribution in [0.15, 0.2) is 29.1 Å². The topological polar surface area (TPSA) is 69.6 Å². The molecule has 0 saturated heterocycles. The number of hydrogen-bond acceptors (Lipinski definition) is 5. The van der Waals surface area contributed by atoms with Crippen LogP contribution in [0.25, 0.3) is 0 Å². The van der Waals surface area contributed by atoms with E-state index in [1.807, 2.05) is 19.1 Å². The van der Waals surface area contributed by atoms with Crippen LogP contribution in [0.3, 0.4) is 0 Å². The van der Waals surface area contributed by atoms with Crippen molar-refractivity contribution in [1.29, 1.82) is 0 Å². The molecule has 2 aliphatic rings. The number of nitrogens with zero attached hydrogens (tertiary/aromatic N) is 1. The van der Waals surface area contributed by atoms with E-state index in [4.69, 9.17) is 9.47 Å². The lowest BCUT2D eigenvalue weighted by atomic mass is 10.0. The maximum absolute atomic E-state index is 12.7. The minimum atomic E-state index is -0.607. The number of esters is 1. The van der Waals surface area contributed by atoms with E-state index in [2.05, 4.69) is 18.3 Å². The van der Waals surface area contributed by atoms with Crippen molar-refractivity contribution in [3.05, 3.63) is 56.9 Å². The lowest BCUT2D eigenvalue weighted by Gasteiger charge is -2.18. The van der Waals surface area contributed by atoms with Crippen LogP contribution in [0.1, 0.15) is 47.1 Å². The summed E-state index contributed by atoms with van der Waals surface area (Å²) in [5.74, 6) is 1.59. The van der Waals surface area contributed by atoms with Gasteiger partial charge in [0.1, 0.15) is 18.2 Å². The normalized spacial score (nSPS) is 18.0. The van der Waals surface area contributed by atoms with Gasteiger partial charge in [-0.15, -0.1) is 0 Å². The first kappa shape index (κ1) is 17.6. The average molecular weight is 368 g/mol. The summed E-state index contributed by atoms with van der Waals surface area (Å²) in [6.07, 6.45) is 2.18. The molecule has 142 valence electrons. The van der Waals surface area contributed by atoms with Crippen molar-refractivity contribution < 1.29 is 14.3 Å². The van der Waals surface area contributed by atoms with Crippen LogP contribution in [0.2, 0.25) is 0 Å². The maximum Gasteiger partial charge on any atom is 0.330 e. The second-order valence-corrected chi connectivity index (χ2v) is 7.32. The molecule has 2 aromatic rings. The van der Waals surface area contributed by atoms with E-state index < -0.39 is 12.0 Å². The standard InChI is InChI=1S/C21H24N2O4/c1-12-5-4-6-17(13(12)2)27-11-15-9-18(24)23-16(21(25)26-3)10-22-20(23)19(15)14-7-8-14/h4-6,9,14,16,22H,7-8,10-11H2,1-3H3. The van der Waals surface area contributed by atoms with Crippen LogP contribution in [0.4, 0.5) is 5.82 Å². The third-order valence-electron chi connectivity index (χ3n) is 5.55. The van der Waals surface area contributed by atoms with Crippen molar-refractivity contribution in [2.45, 2.75) is 45.3 Å². The first-order chi connectivity index (χ1) is 13.0. The number of carbonyl (C=O) groups is 1. The van der Waals surface area contributed by atoms with Gasteiger partial charge < -0.3 is 14.8 Å². The van der Waals surface area contributed by atoms with E-state index in [0.717, 1.165) is 41.1 Å². The first-order valence-corrected chi connectivity index (χ1v) is 9.30. The molecule has 2 heterocycles. The fourth-order valence-electron chi connectivity index (χ4n) is 3.77. The SMILES string of the molecule is COC(=O)C1CNc2c(C3CC3)c(COc3cccc(C)c3C)cc(=O)n21. The number of ether oxygens (including phenoxy) is 2. The zero-order valence-corrected chi connectivity index (χ0v) is 15.9. The molecule has 1 saturated carbocycles. The third kappa shape index (κ3) is 3.09. The highest BCUT2D eigenvalue weighted by molar-refractivity contribution is 5.77. The van der Waals surface area contributed by atoms with Crippen LogP contribution in [0, 0.1) is 13.8 Å². The Morgan fingerprint density at radius 2 is 2.07 bits per heavy atom. The van der Waals surface area contributed by atoms with Gasteiger partial charge in [-0.2, -0.15) is 0 Å². The van der Waals surface area contributed by atoms with Gasteiger partial charge in [-0.05, 0) is 49.8 Å². The number of benzene rings is 1. The Balaban J connectivity index is 1.70. The van der Waals surface area contributed by atoms with Crippen LogP contribution in [0.5, 0.6) is 5.75 Å². The van der Waals surface area contributed by atoms with Crippen molar-refractivity contribution in [2.75, 3.05) is 19.0 Å². The second kappa shape index (κ2) is 6.76. The summed E-state index contributed by atoms with van der Waals surface area (Å²) in [4.78, 5) is 24.8. The fraction of sp³-hybridized carbons (Fsp3) is 0.429. The minimum absolute atomic E-state index is 0.200. The van der Waals surface area contributed by atoms with Crippen LogP contribution in [-0.2, 0) is 16.1 Å². The molecule has 1 aromatic heterocycles. The molecule has 1 aromatic carbocycles. The second-order valence-electron chi connectivity index (χ2n) is 7.32. The predicted octanol–water partition coefficient (Wildman–Crippen LogP) is 3.06. The number of rotatable bonds is 5. The predicted molar refractivity (Wildman–Crippen MR) is 102 cm³/mol. The summed E-state index contributed by atoms with van der Waals surface area (Å²) in [5, 5.41) is 3.26. The summed E-state index contributed by atoms with van der Waals surface area (Å²) >= 11 is 0. The smallest absolute Gasteiger partial charge is 0.330 e. The maximum atomic E-state index is 12.7. The molecule has 4 rings (SSSR count). The fourth-order valence-corrected chi connectivity index (χ4v) is 3.77. The molecule has 0 spiro atoms. The lowest BCUT2D eigenvalue weighted by Crippen LogP contribution is -2.29. The van der Waals surface area contributed by atoms with Crippen LogP contribution in [-0.4, -0.2) is 24.2 Å². The summed E-state index contributed by atoms with van der Waals surface area (Å²) in [6, 6.07) is 6.98. The van der Waals surface area contributed by atoms with Gasteiger partial charge in [-0.1, -0.05) is 12.1 Å². The van der Waals surface area contributed by atoms with E-state index in [-0.39, 0.29) is 5.56 Å². The number of aromatic nitrogens is 1. The molecule has 0 radical (unpaired) electrons. The zero-order chi connectivity index (χ0) is 19.1. The van der Waals surface area contributed by atoms with E-state index >= 15 is 0 Å². The van der Waals surface area contributed by atoms with Gasteiger partial charge in [0.25, 0.3) is 5.56 Å². The van der Waals surface area contributed by atoms with Gasteiger partial charge in [0.15, 0.2) is 6.04 Å². The number of anilines is 1. The molecule has 6 heteroatoms. The molecule has 1 aliphatic heterocycles. The first-order valence-electron chi connectivity index (χ1n) is 9.30. The summed E-state index contributed by atoms with van der Waals surface area (Å²) in [5.41, 5.74) is 4.08. The zero-order valence-electron chi connectivity index (χ0n) is 15.9. The van der Waals surface area contributed by atoms with Crippen molar-refractivity contribution in [3.63, 3.8) is 0 Å². The Hall–Kier alpha value is -2.76. The largest absolute Gasteiger partial charge is 0.489 e. The van der Waals surface area contributed by atoms with E-state index in [1.54, 1.807) is 10.6 Å². The number of pyridine rings is 1. The molecular weight excluding hydrogens is 344 g/mol. The molecule has 27 heavy (non-hydrogen) atoms. The van der Waals surface area contributed by atoms with E-state index in [9.17, 15) is 9.59 Å². The number of fused-ring (bicyclic) bond motifs is 1. The van der Waals surface area contributed by atoms with Gasteiger partial charge in [0.05, 0.1) is 7.11 Å². The Labute approximate surface area is 158 Å². The number of aryl methyl sites for hydroxylation is 1. The van der Waals surface area contributed by atoms with Gasteiger partial charge in [0, 0.05) is 23.7 Å². The monoisotopic (exact) mass is 368 g/mol. The summed E-state index contributed by atoms with van der Waals surface area (Å²) in [7, 11) is 1.35. The van der Waals surface area contributed by atoms with Gasteiger partial charge in [0.2, 0.25) is 0 Å². The Morgan fingerprint density at radius 1 is 1.30 bits per heavy atom. The van der Waals surface area contributed by atoms with Crippen LogP contribution >= 0.6 is 0 Å². The molecule has 1 aliphatic carbocycles. The van der Waals surface area contributed by atoms with Gasteiger partial charge >= 0.3 is 5.97 Å². The van der Waals surface area contributed by atoms with E-state index in [1.165, 1.54) is 12.7 Å². The molecule has 6 nitrogen and oxygen atoms in total. The highest BCUT2D eigenvalue weighted by Gasteiger charge is 2.37. The highest BCUT2D eigenvalue weighted by atomic mass is 16.5. The lowest BCUT2D eigenvalue weighted by molar-refractivity contribution is -0.143. The Kier molecular flexibility index (Phi) is 4.42. The van der Waals surface area contributed by atoms with Gasteiger partial charge in [-0.25, -0.2) is 4.79 Å². The van der Waals surface area contributed by atoms with Crippen LogP contribution < -0.4 is 15.6 Å². The summed E-state index contributed by atoms with van der Waals surface area (Å²) in [6.45, 7) is 4.80. The molecule has 1 atom stereocenters. The molecule has 1 unspecified atom stereocenters. The van der Waals surface area contributed by atoms with Gasteiger partial charge in [-0.3, -0.25) is 9.36 Å². The molecular formula is C21H24N2O4. The van der Waals surface area contributed by atoms with Crippen molar-refractivity contribution in [3.8, 4) is 5.75 Å². The Bertz CT molecular complexity index is 959. The molecule has 0 bridgehead atoms. The summed E-state index contributed by atoms with van der Waals surface area (Å²) < 4.78 is 12.5. The van der Waals surface area contributed by atoms with Crippen molar-refractivity contribution >= 4 is 11.8 Å². The van der Waals surface area contributed by atoms with E-state index in [0.29, 0.717) is 19.1 Å². The Morgan fingerprint density at radius 3 is 2.78 bits per heavy atom.